The van der Waals surface area contributed by atoms with Crippen LogP contribution in [0.2, 0.25) is 0 Å². The van der Waals surface area contributed by atoms with E-state index in [0.29, 0.717) is 24.3 Å². The molecule has 3 aromatic rings. The van der Waals surface area contributed by atoms with E-state index in [-0.39, 0.29) is 33.6 Å². The third-order valence-corrected chi connectivity index (χ3v) is 4.79. The molecule has 0 saturated carbocycles. The molecule has 30 heavy (non-hydrogen) atoms. The summed E-state index contributed by atoms with van der Waals surface area (Å²) < 4.78 is 5.14. The molecule has 0 fully saturated rings. The lowest BCUT2D eigenvalue weighted by molar-refractivity contribution is -0.113. The lowest BCUT2D eigenvalue weighted by Gasteiger charge is -2.10. The molecule has 154 valence electrons. The Bertz CT molecular complexity index is 1090. The Hall–Kier alpha value is -3.46. The highest BCUT2D eigenvalue weighted by Crippen LogP contribution is 2.18. The maximum Gasteiger partial charge on any atom is 0.340 e. The SMILES string of the molecule is CCCOC(=O)c1ccccc1NC(=O)CSc1nnc(-c2ccccc2)c(=O)[nH]1. The normalized spacial score (nSPS) is 10.4. The van der Waals surface area contributed by atoms with E-state index in [0.717, 1.165) is 11.8 Å². The second-order valence-corrected chi connectivity index (χ2v) is 7.16. The molecule has 2 aromatic carbocycles. The molecule has 0 atom stereocenters. The maximum atomic E-state index is 12.3. The number of nitrogens with zero attached hydrogens (tertiary/aromatic N) is 2. The third-order valence-electron chi connectivity index (χ3n) is 3.92. The summed E-state index contributed by atoms with van der Waals surface area (Å²) in [4.78, 5) is 39.3. The van der Waals surface area contributed by atoms with Crippen molar-refractivity contribution in [2.45, 2.75) is 18.5 Å². The highest BCUT2D eigenvalue weighted by molar-refractivity contribution is 7.99. The third kappa shape index (κ3) is 5.54. The summed E-state index contributed by atoms with van der Waals surface area (Å²) in [5, 5.41) is 10.9. The highest BCUT2D eigenvalue weighted by Gasteiger charge is 2.15. The smallest absolute Gasteiger partial charge is 0.340 e. The van der Waals surface area contributed by atoms with E-state index in [2.05, 4.69) is 20.5 Å². The number of carbonyl (C=O) groups excluding carboxylic acids is 2. The number of anilines is 1. The number of esters is 1. The first-order chi connectivity index (χ1) is 14.6. The standard InChI is InChI=1S/C21H20N4O4S/c1-2-12-29-20(28)15-10-6-7-11-16(15)22-17(26)13-30-21-23-19(27)18(24-25-21)14-8-4-3-5-9-14/h3-11H,2,12-13H2,1H3,(H,22,26)(H,23,25,27). The second kappa shape index (κ2) is 10.4. The number of aromatic nitrogens is 3. The summed E-state index contributed by atoms with van der Waals surface area (Å²) in [6.07, 6.45) is 0.708. The van der Waals surface area contributed by atoms with Crippen molar-refractivity contribution in [1.82, 2.24) is 15.2 Å². The number of hydrogen-bond acceptors (Lipinski definition) is 7. The fourth-order valence-electron chi connectivity index (χ4n) is 2.53. The largest absolute Gasteiger partial charge is 0.462 e. The Morgan fingerprint density at radius 1 is 1.07 bits per heavy atom. The molecular formula is C21H20N4O4S. The Morgan fingerprint density at radius 2 is 1.80 bits per heavy atom. The van der Waals surface area contributed by atoms with Crippen molar-refractivity contribution in [2.24, 2.45) is 0 Å². The summed E-state index contributed by atoms with van der Waals surface area (Å²) in [7, 11) is 0. The van der Waals surface area contributed by atoms with Gasteiger partial charge in [-0.05, 0) is 18.6 Å². The molecule has 0 aliphatic carbocycles. The summed E-state index contributed by atoms with van der Waals surface area (Å²) >= 11 is 1.04. The molecule has 0 aliphatic heterocycles. The lowest BCUT2D eigenvalue weighted by atomic mass is 10.2. The summed E-state index contributed by atoms with van der Waals surface area (Å²) in [6, 6.07) is 15.6. The minimum absolute atomic E-state index is 0.0202. The van der Waals surface area contributed by atoms with Crippen LogP contribution in [0.15, 0.2) is 64.5 Å². The molecule has 8 nitrogen and oxygen atoms in total. The second-order valence-electron chi connectivity index (χ2n) is 6.19. The molecule has 0 unspecified atom stereocenters. The van der Waals surface area contributed by atoms with Crippen molar-refractivity contribution in [3.05, 3.63) is 70.5 Å². The summed E-state index contributed by atoms with van der Waals surface area (Å²) in [5.74, 6) is -0.870. The van der Waals surface area contributed by atoms with Crippen LogP contribution in [0.4, 0.5) is 5.69 Å². The predicted molar refractivity (Wildman–Crippen MR) is 114 cm³/mol. The molecule has 3 rings (SSSR count). The number of rotatable bonds is 8. The van der Waals surface area contributed by atoms with Crippen molar-refractivity contribution < 1.29 is 14.3 Å². The number of hydrogen-bond donors (Lipinski definition) is 2. The van der Waals surface area contributed by atoms with Gasteiger partial charge in [-0.3, -0.25) is 14.6 Å². The molecular weight excluding hydrogens is 404 g/mol. The van der Waals surface area contributed by atoms with Crippen molar-refractivity contribution in [3.63, 3.8) is 0 Å². The number of para-hydroxylation sites is 1. The number of aromatic amines is 1. The van der Waals surface area contributed by atoms with Gasteiger partial charge in [0.15, 0.2) is 10.9 Å². The number of thioether (sulfide) groups is 1. The highest BCUT2D eigenvalue weighted by atomic mass is 32.2. The summed E-state index contributed by atoms with van der Waals surface area (Å²) in [6.45, 7) is 2.21. The van der Waals surface area contributed by atoms with Gasteiger partial charge in [-0.2, -0.15) is 0 Å². The van der Waals surface area contributed by atoms with Gasteiger partial charge in [0.2, 0.25) is 5.91 Å². The number of ether oxygens (including phenoxy) is 1. The monoisotopic (exact) mass is 424 g/mol. The lowest BCUT2D eigenvalue weighted by Crippen LogP contribution is -2.19. The Kier molecular flexibility index (Phi) is 7.34. The Labute approximate surface area is 177 Å². The van der Waals surface area contributed by atoms with Gasteiger partial charge in [-0.25, -0.2) is 4.79 Å². The zero-order valence-electron chi connectivity index (χ0n) is 16.3. The van der Waals surface area contributed by atoms with Crippen molar-refractivity contribution in [2.75, 3.05) is 17.7 Å². The zero-order valence-corrected chi connectivity index (χ0v) is 17.1. The number of H-pyrrole nitrogens is 1. The van der Waals surface area contributed by atoms with Gasteiger partial charge in [0, 0.05) is 5.56 Å². The molecule has 0 aliphatic rings. The molecule has 1 aromatic heterocycles. The predicted octanol–water partition coefficient (Wildman–Crippen LogP) is 3.13. The van der Waals surface area contributed by atoms with E-state index in [1.165, 1.54) is 0 Å². The molecule has 0 radical (unpaired) electrons. The first-order valence-electron chi connectivity index (χ1n) is 9.29. The van der Waals surface area contributed by atoms with Crippen molar-refractivity contribution in [1.29, 1.82) is 0 Å². The van der Waals surface area contributed by atoms with Crippen LogP contribution in [0, 0.1) is 0 Å². The van der Waals surface area contributed by atoms with Crippen molar-refractivity contribution in [3.8, 4) is 11.3 Å². The molecule has 1 amide bonds. The van der Waals surface area contributed by atoms with Gasteiger partial charge < -0.3 is 10.1 Å². The van der Waals surface area contributed by atoms with E-state index >= 15 is 0 Å². The van der Waals surface area contributed by atoms with E-state index in [9.17, 15) is 14.4 Å². The summed E-state index contributed by atoms with van der Waals surface area (Å²) in [5.41, 5.74) is 1.13. The molecule has 1 heterocycles. The maximum absolute atomic E-state index is 12.3. The quantitative estimate of drug-likeness (QED) is 0.422. The zero-order chi connectivity index (χ0) is 21.3. The van der Waals surface area contributed by atoms with Gasteiger partial charge in [-0.15, -0.1) is 10.2 Å². The van der Waals surface area contributed by atoms with Crippen LogP contribution in [0.5, 0.6) is 0 Å². The Morgan fingerprint density at radius 3 is 2.53 bits per heavy atom. The average molecular weight is 424 g/mol. The van der Waals surface area contributed by atoms with Gasteiger partial charge in [-0.1, -0.05) is 61.2 Å². The van der Waals surface area contributed by atoms with Gasteiger partial charge in [0.05, 0.1) is 23.6 Å². The number of amides is 1. The molecule has 0 bridgehead atoms. The van der Waals surface area contributed by atoms with Crippen LogP contribution < -0.4 is 10.9 Å². The molecule has 2 N–H and O–H groups in total. The molecule has 9 heteroatoms. The number of carbonyl (C=O) groups is 2. The van der Waals surface area contributed by atoms with Crippen molar-refractivity contribution >= 4 is 29.3 Å². The van der Waals surface area contributed by atoms with Crippen LogP contribution in [0.25, 0.3) is 11.3 Å². The first-order valence-corrected chi connectivity index (χ1v) is 10.3. The fraction of sp³-hybridized carbons (Fsp3) is 0.190. The number of nitrogens with one attached hydrogen (secondary N) is 2. The van der Waals surface area contributed by atoms with Crippen LogP contribution in [0.1, 0.15) is 23.7 Å². The minimum Gasteiger partial charge on any atom is -0.462 e. The van der Waals surface area contributed by atoms with Gasteiger partial charge in [0.1, 0.15) is 0 Å². The number of benzene rings is 2. The van der Waals surface area contributed by atoms with Crippen LogP contribution in [-0.2, 0) is 9.53 Å². The van der Waals surface area contributed by atoms with E-state index in [1.54, 1.807) is 48.5 Å². The van der Waals surface area contributed by atoms with Crippen LogP contribution in [0.3, 0.4) is 0 Å². The first kappa shape index (κ1) is 21.3. The van der Waals surface area contributed by atoms with Crippen LogP contribution in [-0.4, -0.2) is 39.4 Å². The molecule has 0 saturated heterocycles. The van der Waals surface area contributed by atoms with E-state index < -0.39 is 5.97 Å². The topological polar surface area (TPSA) is 114 Å². The van der Waals surface area contributed by atoms with Gasteiger partial charge >= 0.3 is 5.97 Å². The Balaban J connectivity index is 1.62. The van der Waals surface area contributed by atoms with Gasteiger partial charge in [0.25, 0.3) is 5.56 Å². The van der Waals surface area contributed by atoms with Crippen LogP contribution >= 0.6 is 11.8 Å². The van der Waals surface area contributed by atoms with E-state index in [1.807, 2.05) is 13.0 Å². The minimum atomic E-state index is -0.493. The average Bonchev–Trinajstić information content (AvgIpc) is 2.77. The van der Waals surface area contributed by atoms with E-state index in [4.69, 9.17) is 4.74 Å². The molecule has 0 spiro atoms. The fourth-order valence-corrected chi connectivity index (χ4v) is 3.14.